The van der Waals surface area contributed by atoms with Crippen LogP contribution in [-0.4, -0.2) is 48.6 Å². The molecule has 2 rings (SSSR count). The first-order chi connectivity index (χ1) is 7.52. The average molecular weight is 230 g/mol. The molecule has 2 aliphatic rings. The molecule has 1 saturated heterocycles. The molecule has 1 N–H and O–H groups in total. The summed E-state index contributed by atoms with van der Waals surface area (Å²) >= 11 is 0. The Balaban J connectivity index is 2.23. The van der Waals surface area contributed by atoms with Crippen LogP contribution in [0.1, 0.15) is 19.3 Å². The molecule has 1 unspecified atom stereocenters. The summed E-state index contributed by atoms with van der Waals surface area (Å²) < 4.78 is 15.2. The van der Waals surface area contributed by atoms with Gasteiger partial charge in [-0.15, -0.1) is 0 Å². The first kappa shape index (κ1) is 11.5. The van der Waals surface area contributed by atoms with Gasteiger partial charge in [0, 0.05) is 19.3 Å². The smallest absolute Gasteiger partial charge is 0.345 e. The Morgan fingerprint density at radius 1 is 1.44 bits per heavy atom. The summed E-state index contributed by atoms with van der Waals surface area (Å²) in [5, 5.41) is 10.0. The molecule has 6 nitrogen and oxygen atoms in total. The van der Waals surface area contributed by atoms with Crippen molar-refractivity contribution in [3.8, 4) is 0 Å². The molecule has 1 aliphatic carbocycles. The summed E-state index contributed by atoms with van der Waals surface area (Å²) in [4.78, 5) is 23.0. The zero-order chi connectivity index (χ0) is 11.8. The van der Waals surface area contributed by atoms with Gasteiger partial charge in [-0.2, -0.15) is 0 Å². The largest absolute Gasteiger partial charge is 0.467 e. The second kappa shape index (κ2) is 3.80. The van der Waals surface area contributed by atoms with E-state index in [9.17, 15) is 14.7 Å². The predicted octanol–water partition coefficient (Wildman–Crippen LogP) is -0.613. The number of esters is 1. The highest BCUT2D eigenvalue weighted by molar-refractivity contribution is 6.07. The minimum Gasteiger partial charge on any atom is -0.467 e. The van der Waals surface area contributed by atoms with Crippen LogP contribution >= 0.6 is 0 Å². The molecule has 2 fully saturated rings. The van der Waals surface area contributed by atoms with Crippen LogP contribution in [0.4, 0.5) is 0 Å². The van der Waals surface area contributed by atoms with Crippen LogP contribution < -0.4 is 0 Å². The molecular weight excluding hydrogens is 216 g/mol. The average Bonchev–Trinajstić information content (AvgIpc) is 2.71. The van der Waals surface area contributed by atoms with E-state index in [0.29, 0.717) is 19.6 Å². The second-order valence-corrected chi connectivity index (χ2v) is 4.06. The van der Waals surface area contributed by atoms with Gasteiger partial charge in [0.15, 0.2) is 11.6 Å². The van der Waals surface area contributed by atoms with E-state index in [1.165, 1.54) is 0 Å². The van der Waals surface area contributed by atoms with Crippen LogP contribution in [0.25, 0.3) is 0 Å². The number of carbonyl (C=O) groups excluding carboxylic acids is 2. The van der Waals surface area contributed by atoms with Crippen molar-refractivity contribution in [3.63, 3.8) is 0 Å². The summed E-state index contributed by atoms with van der Waals surface area (Å²) in [5.41, 5.74) is -2.13. The van der Waals surface area contributed by atoms with E-state index in [0.717, 1.165) is 7.11 Å². The van der Waals surface area contributed by atoms with Gasteiger partial charge >= 0.3 is 5.97 Å². The molecule has 1 saturated carbocycles. The minimum absolute atomic E-state index is 0.0472. The first-order valence-electron chi connectivity index (χ1n) is 5.14. The maximum atomic E-state index is 11.6. The van der Waals surface area contributed by atoms with Crippen molar-refractivity contribution in [2.45, 2.75) is 30.7 Å². The minimum atomic E-state index is -2.13. The maximum Gasteiger partial charge on any atom is 0.345 e. The lowest BCUT2D eigenvalue weighted by Gasteiger charge is -2.38. The second-order valence-electron chi connectivity index (χ2n) is 4.06. The molecular formula is C10H14O6. The van der Waals surface area contributed by atoms with Crippen LogP contribution in [0.15, 0.2) is 0 Å². The number of aliphatic hydroxyl groups is 1. The number of methoxy groups -OCH3 is 1. The van der Waals surface area contributed by atoms with Crippen LogP contribution in [0.3, 0.4) is 0 Å². The lowest BCUT2D eigenvalue weighted by atomic mass is 9.79. The number of carbonyl (C=O) groups is 2. The third kappa shape index (κ3) is 1.63. The van der Waals surface area contributed by atoms with E-state index in [2.05, 4.69) is 4.74 Å². The summed E-state index contributed by atoms with van der Waals surface area (Å²) in [6.45, 7) is 0.816. The Kier molecular flexibility index (Phi) is 2.73. The van der Waals surface area contributed by atoms with E-state index in [1.54, 1.807) is 0 Å². The van der Waals surface area contributed by atoms with Crippen LogP contribution in [0.5, 0.6) is 0 Å². The third-order valence-electron chi connectivity index (χ3n) is 3.06. The topological polar surface area (TPSA) is 82.1 Å². The number of ketones is 1. The van der Waals surface area contributed by atoms with Gasteiger partial charge in [0.2, 0.25) is 5.60 Å². The molecule has 0 bridgehead atoms. The van der Waals surface area contributed by atoms with Crippen molar-refractivity contribution in [1.82, 2.24) is 0 Å². The Morgan fingerprint density at radius 3 is 2.62 bits per heavy atom. The fraction of sp³-hybridized carbons (Fsp3) is 0.800. The normalized spacial score (nSPS) is 33.0. The Morgan fingerprint density at radius 2 is 2.06 bits per heavy atom. The fourth-order valence-electron chi connectivity index (χ4n) is 2.19. The van der Waals surface area contributed by atoms with E-state index in [-0.39, 0.29) is 12.8 Å². The number of hydrogen-bond acceptors (Lipinski definition) is 6. The molecule has 0 aromatic heterocycles. The monoisotopic (exact) mass is 230 g/mol. The SMILES string of the molecule is COC(=O)C1(O)CC2(CCC1=O)OCCO2. The Labute approximate surface area is 92.5 Å². The highest BCUT2D eigenvalue weighted by Gasteiger charge is 2.57. The van der Waals surface area contributed by atoms with Gasteiger partial charge in [-0.25, -0.2) is 4.79 Å². The van der Waals surface area contributed by atoms with Crippen LogP contribution in [0.2, 0.25) is 0 Å². The van der Waals surface area contributed by atoms with Crippen molar-refractivity contribution in [2.75, 3.05) is 20.3 Å². The van der Waals surface area contributed by atoms with Crippen molar-refractivity contribution >= 4 is 11.8 Å². The molecule has 90 valence electrons. The van der Waals surface area contributed by atoms with Gasteiger partial charge in [0.05, 0.1) is 20.3 Å². The lowest BCUT2D eigenvalue weighted by molar-refractivity contribution is -0.221. The molecule has 6 heteroatoms. The molecule has 1 atom stereocenters. The molecule has 16 heavy (non-hydrogen) atoms. The van der Waals surface area contributed by atoms with Gasteiger partial charge in [-0.05, 0) is 0 Å². The first-order valence-corrected chi connectivity index (χ1v) is 5.14. The molecule has 0 amide bonds. The van der Waals surface area contributed by atoms with Crippen LogP contribution in [0, 0.1) is 0 Å². The fourth-order valence-corrected chi connectivity index (χ4v) is 2.19. The maximum absolute atomic E-state index is 11.6. The number of hydrogen-bond donors (Lipinski definition) is 1. The molecule has 1 heterocycles. The molecule has 1 spiro atoms. The third-order valence-corrected chi connectivity index (χ3v) is 3.06. The summed E-state index contributed by atoms with van der Waals surface area (Å²) in [6, 6.07) is 0. The lowest BCUT2D eigenvalue weighted by Crippen LogP contribution is -2.57. The molecule has 0 aromatic carbocycles. The van der Waals surface area contributed by atoms with E-state index in [4.69, 9.17) is 9.47 Å². The van der Waals surface area contributed by atoms with Crippen molar-refractivity contribution in [1.29, 1.82) is 0 Å². The molecule has 1 aliphatic heterocycles. The van der Waals surface area contributed by atoms with Gasteiger partial charge in [0.25, 0.3) is 0 Å². The van der Waals surface area contributed by atoms with Gasteiger partial charge in [-0.3, -0.25) is 4.79 Å². The number of Topliss-reactive ketones (excluding diaryl/α,β-unsaturated/α-hetero) is 1. The zero-order valence-electron chi connectivity index (χ0n) is 9.02. The standard InChI is InChI=1S/C10H14O6/c1-14-8(12)10(13)6-9(3-2-7(10)11)15-4-5-16-9/h13H,2-6H2,1H3. The summed E-state index contributed by atoms with van der Waals surface area (Å²) in [7, 11) is 1.13. The Hall–Kier alpha value is -0.980. The highest BCUT2D eigenvalue weighted by atomic mass is 16.7. The summed E-state index contributed by atoms with van der Waals surface area (Å²) in [6.07, 6.45) is 0.224. The number of ether oxygens (including phenoxy) is 3. The Bertz CT molecular complexity index is 309. The van der Waals surface area contributed by atoms with Crippen molar-refractivity contribution in [3.05, 3.63) is 0 Å². The molecule has 0 radical (unpaired) electrons. The van der Waals surface area contributed by atoms with Gasteiger partial charge in [0.1, 0.15) is 0 Å². The summed E-state index contributed by atoms with van der Waals surface area (Å²) in [5.74, 6) is -2.49. The van der Waals surface area contributed by atoms with Crippen LogP contribution in [-0.2, 0) is 23.8 Å². The molecule has 0 aromatic rings. The van der Waals surface area contributed by atoms with E-state index in [1.807, 2.05) is 0 Å². The van der Waals surface area contributed by atoms with E-state index < -0.39 is 23.1 Å². The quantitative estimate of drug-likeness (QED) is 0.478. The highest BCUT2D eigenvalue weighted by Crippen LogP contribution is 2.39. The van der Waals surface area contributed by atoms with Crippen molar-refractivity contribution < 1.29 is 28.9 Å². The van der Waals surface area contributed by atoms with Gasteiger partial charge < -0.3 is 19.3 Å². The van der Waals surface area contributed by atoms with Gasteiger partial charge in [-0.1, -0.05) is 0 Å². The van der Waals surface area contributed by atoms with Crippen molar-refractivity contribution in [2.24, 2.45) is 0 Å². The predicted molar refractivity (Wildman–Crippen MR) is 50.5 cm³/mol. The van der Waals surface area contributed by atoms with E-state index >= 15 is 0 Å². The number of rotatable bonds is 1. The zero-order valence-corrected chi connectivity index (χ0v) is 9.02.